The van der Waals surface area contributed by atoms with E-state index in [0.29, 0.717) is 11.6 Å². The summed E-state index contributed by atoms with van der Waals surface area (Å²) in [6, 6.07) is 5.98. The highest BCUT2D eigenvalue weighted by molar-refractivity contribution is 7.91. The molecule has 1 atom stereocenters. The van der Waals surface area contributed by atoms with Crippen molar-refractivity contribution in [1.29, 1.82) is 0 Å². The van der Waals surface area contributed by atoms with Gasteiger partial charge in [0.05, 0.1) is 16.7 Å². The maximum absolute atomic E-state index is 12.3. The number of nitrogens with zero attached hydrogens (tertiary/aromatic N) is 2. The van der Waals surface area contributed by atoms with Crippen LogP contribution in [0.1, 0.15) is 12.8 Å². The molecule has 1 aliphatic rings. The number of likely N-dealkylation sites (tertiary alicyclic amines) is 1. The van der Waals surface area contributed by atoms with Crippen molar-refractivity contribution in [2.45, 2.75) is 23.8 Å². The van der Waals surface area contributed by atoms with E-state index in [4.69, 9.17) is 11.6 Å². The van der Waals surface area contributed by atoms with Crippen LogP contribution in [0.2, 0.25) is 5.02 Å². The number of amides is 1. The number of hydrogen-bond donors (Lipinski definition) is 0. The third kappa shape index (κ3) is 4.00. The molecule has 0 aromatic heterocycles. The van der Waals surface area contributed by atoms with Gasteiger partial charge in [-0.25, -0.2) is 8.42 Å². The number of hydrogen-bond acceptors (Lipinski definition) is 4. The molecule has 122 valence electrons. The summed E-state index contributed by atoms with van der Waals surface area (Å²) in [5, 5.41) is 0.509. The lowest BCUT2D eigenvalue weighted by Gasteiger charge is -2.25. The van der Waals surface area contributed by atoms with Crippen LogP contribution >= 0.6 is 11.6 Å². The Hall–Kier alpha value is -1.11. The van der Waals surface area contributed by atoms with Gasteiger partial charge < -0.3 is 4.90 Å². The maximum Gasteiger partial charge on any atom is 0.239 e. The zero-order chi connectivity index (χ0) is 16.3. The first-order valence-corrected chi connectivity index (χ1v) is 9.28. The number of rotatable bonds is 5. The van der Waals surface area contributed by atoms with E-state index < -0.39 is 9.84 Å². The van der Waals surface area contributed by atoms with Crippen molar-refractivity contribution in [1.82, 2.24) is 9.80 Å². The van der Waals surface area contributed by atoms with Crippen LogP contribution in [-0.4, -0.2) is 63.1 Å². The summed E-state index contributed by atoms with van der Waals surface area (Å²) in [6.07, 6.45) is 1.71. The fourth-order valence-electron chi connectivity index (χ4n) is 2.67. The van der Waals surface area contributed by atoms with Gasteiger partial charge >= 0.3 is 0 Å². The third-order valence-electron chi connectivity index (χ3n) is 3.91. The number of likely N-dealkylation sites (N-methyl/N-ethyl adjacent to an activating group) is 1. The second kappa shape index (κ2) is 6.98. The Labute approximate surface area is 136 Å². The fourth-order valence-corrected chi connectivity index (χ4v) is 4.06. The Morgan fingerprint density at radius 1 is 1.32 bits per heavy atom. The molecule has 22 heavy (non-hydrogen) atoms. The van der Waals surface area contributed by atoms with Gasteiger partial charge in [0.1, 0.15) is 0 Å². The van der Waals surface area contributed by atoms with Crippen molar-refractivity contribution < 1.29 is 13.2 Å². The lowest BCUT2D eigenvalue weighted by Crippen LogP contribution is -2.44. The topological polar surface area (TPSA) is 57.7 Å². The minimum absolute atomic E-state index is 0.00579. The Balaban J connectivity index is 2.02. The molecule has 1 fully saturated rings. The molecule has 1 saturated heterocycles. The molecule has 0 bridgehead atoms. The van der Waals surface area contributed by atoms with E-state index in [2.05, 4.69) is 0 Å². The molecule has 0 radical (unpaired) electrons. The van der Waals surface area contributed by atoms with Crippen molar-refractivity contribution >= 4 is 27.3 Å². The average Bonchev–Trinajstić information content (AvgIpc) is 2.93. The summed E-state index contributed by atoms with van der Waals surface area (Å²) in [5.41, 5.74) is 0. The van der Waals surface area contributed by atoms with Crippen LogP contribution in [0.25, 0.3) is 0 Å². The zero-order valence-corrected chi connectivity index (χ0v) is 14.4. The van der Waals surface area contributed by atoms with Crippen molar-refractivity contribution in [2.24, 2.45) is 0 Å². The minimum atomic E-state index is -3.36. The first-order chi connectivity index (χ1) is 10.3. The Morgan fingerprint density at radius 3 is 2.55 bits per heavy atom. The quantitative estimate of drug-likeness (QED) is 0.815. The largest absolute Gasteiger partial charge is 0.347 e. The van der Waals surface area contributed by atoms with Gasteiger partial charge in [-0.15, -0.1) is 0 Å². The van der Waals surface area contributed by atoms with Crippen LogP contribution < -0.4 is 0 Å². The molecule has 1 aromatic rings. The summed E-state index contributed by atoms with van der Waals surface area (Å²) in [4.78, 5) is 15.9. The summed E-state index contributed by atoms with van der Waals surface area (Å²) in [7, 11) is 0.0919. The molecule has 1 aromatic carbocycles. The van der Waals surface area contributed by atoms with E-state index in [-0.39, 0.29) is 22.6 Å². The molecule has 0 spiro atoms. The molecule has 7 heteroatoms. The number of halogens is 1. The van der Waals surface area contributed by atoms with Gasteiger partial charge in [-0.2, -0.15) is 0 Å². The molecule has 0 aliphatic carbocycles. The smallest absolute Gasteiger partial charge is 0.239 e. The molecule has 0 unspecified atom stereocenters. The Kier molecular flexibility index (Phi) is 5.47. The van der Waals surface area contributed by atoms with Crippen molar-refractivity contribution in [3.05, 3.63) is 29.3 Å². The van der Waals surface area contributed by atoms with Crippen LogP contribution in [0.15, 0.2) is 29.2 Å². The van der Waals surface area contributed by atoms with E-state index in [1.807, 2.05) is 4.90 Å². The summed E-state index contributed by atoms with van der Waals surface area (Å²) in [6.45, 7) is 1.13. The Bertz CT molecular complexity index is 629. The summed E-state index contributed by atoms with van der Waals surface area (Å²) >= 11 is 5.78. The maximum atomic E-state index is 12.3. The van der Waals surface area contributed by atoms with E-state index in [1.54, 1.807) is 31.1 Å². The number of carbonyl (C=O) groups excluding carboxylic acids is 1. The van der Waals surface area contributed by atoms with Crippen LogP contribution in [0.3, 0.4) is 0 Å². The summed E-state index contributed by atoms with van der Waals surface area (Å²) in [5.74, 6) is 0.0487. The van der Waals surface area contributed by atoms with Gasteiger partial charge in [0.25, 0.3) is 0 Å². The average molecular weight is 345 g/mol. The second-order valence-corrected chi connectivity index (χ2v) is 8.25. The molecule has 2 rings (SSSR count). The normalized spacial score (nSPS) is 19.3. The number of benzene rings is 1. The van der Waals surface area contributed by atoms with E-state index in [9.17, 15) is 13.2 Å². The molecule has 1 aliphatic heterocycles. The first-order valence-electron chi connectivity index (χ1n) is 7.25. The lowest BCUT2D eigenvalue weighted by molar-refractivity contribution is -0.133. The number of carbonyl (C=O) groups is 1. The van der Waals surface area contributed by atoms with Gasteiger partial charge in [-0.1, -0.05) is 11.6 Å². The molecular formula is C15H21ClN2O3S. The van der Waals surface area contributed by atoms with Crippen molar-refractivity contribution in [3.63, 3.8) is 0 Å². The predicted molar refractivity (Wildman–Crippen MR) is 86.8 cm³/mol. The van der Waals surface area contributed by atoms with Gasteiger partial charge in [-0.3, -0.25) is 9.69 Å². The van der Waals surface area contributed by atoms with Crippen LogP contribution in [-0.2, 0) is 14.6 Å². The third-order valence-corrected chi connectivity index (χ3v) is 5.87. The van der Waals surface area contributed by atoms with Crippen LogP contribution in [0.4, 0.5) is 0 Å². The second-order valence-electron chi connectivity index (χ2n) is 5.70. The molecule has 1 heterocycles. The predicted octanol–water partition coefficient (Wildman–Crippen LogP) is 1.67. The van der Waals surface area contributed by atoms with Gasteiger partial charge in [-0.05, 0) is 43.7 Å². The highest BCUT2D eigenvalue weighted by atomic mass is 35.5. The van der Waals surface area contributed by atoms with Crippen molar-refractivity contribution in [3.8, 4) is 0 Å². The summed E-state index contributed by atoms with van der Waals surface area (Å²) < 4.78 is 24.7. The molecule has 5 nitrogen and oxygen atoms in total. The molecule has 0 saturated carbocycles. The van der Waals surface area contributed by atoms with Gasteiger partial charge in [0, 0.05) is 25.7 Å². The zero-order valence-electron chi connectivity index (χ0n) is 12.8. The van der Waals surface area contributed by atoms with Crippen LogP contribution in [0.5, 0.6) is 0 Å². The van der Waals surface area contributed by atoms with E-state index in [0.717, 1.165) is 19.4 Å². The lowest BCUT2D eigenvalue weighted by atomic mass is 10.2. The minimum Gasteiger partial charge on any atom is -0.347 e. The first kappa shape index (κ1) is 17.2. The highest BCUT2D eigenvalue weighted by Crippen LogP contribution is 2.20. The number of sulfone groups is 1. The molecular weight excluding hydrogens is 324 g/mol. The SMILES string of the molecule is CN(C)C(=O)[C@H]1CCCN1CCS(=O)(=O)c1ccc(Cl)cc1. The van der Waals surface area contributed by atoms with Crippen LogP contribution in [0, 0.1) is 0 Å². The monoisotopic (exact) mass is 344 g/mol. The van der Waals surface area contributed by atoms with Gasteiger partial charge in [0.2, 0.25) is 5.91 Å². The Morgan fingerprint density at radius 2 is 1.95 bits per heavy atom. The fraction of sp³-hybridized carbons (Fsp3) is 0.533. The molecule has 1 amide bonds. The highest BCUT2D eigenvalue weighted by Gasteiger charge is 2.32. The van der Waals surface area contributed by atoms with E-state index >= 15 is 0 Å². The molecule has 0 N–H and O–H groups in total. The van der Waals surface area contributed by atoms with Crippen molar-refractivity contribution in [2.75, 3.05) is 32.9 Å². The van der Waals surface area contributed by atoms with Gasteiger partial charge in [0.15, 0.2) is 9.84 Å². The van der Waals surface area contributed by atoms with E-state index in [1.165, 1.54) is 12.1 Å². The standard InChI is InChI=1S/C15H21ClN2O3S/c1-17(2)15(19)14-4-3-9-18(14)10-11-22(20,21)13-7-5-12(16)6-8-13/h5-8,14H,3-4,9-11H2,1-2H3/t14-/m1/s1.